The third-order valence-electron chi connectivity index (χ3n) is 4.38. The molecule has 2 fully saturated rings. The zero-order valence-corrected chi connectivity index (χ0v) is 14.2. The summed E-state index contributed by atoms with van der Waals surface area (Å²) in [6, 6.07) is 8.81. The Morgan fingerprint density at radius 3 is 1.77 bits per heavy atom. The summed E-state index contributed by atoms with van der Waals surface area (Å²) in [5, 5.41) is 0. The number of rotatable bonds is 5. The molecule has 0 spiro atoms. The standard InChI is InChI=1S/C19H24O6.Na.H/c20-18(24-15-10-4-6-12-22-15)17(14-8-2-1-3-9-14)19(21)25-16-11-5-7-13-23-16;;/h1-3,8-9,15-17H,4-7,10-13H2;;. The maximum atomic E-state index is 12.7. The monoisotopic (exact) mass is 372 g/mol. The summed E-state index contributed by atoms with van der Waals surface area (Å²) in [5.41, 5.74) is 0.545. The van der Waals surface area contributed by atoms with Gasteiger partial charge in [-0.15, -0.1) is 0 Å². The van der Waals surface area contributed by atoms with E-state index in [-0.39, 0.29) is 29.6 Å². The summed E-state index contributed by atoms with van der Waals surface area (Å²) >= 11 is 0. The summed E-state index contributed by atoms with van der Waals surface area (Å²) < 4.78 is 21.7. The molecule has 0 amide bonds. The van der Waals surface area contributed by atoms with Gasteiger partial charge in [0, 0.05) is 12.8 Å². The summed E-state index contributed by atoms with van der Waals surface area (Å²) in [4.78, 5) is 25.3. The van der Waals surface area contributed by atoms with Gasteiger partial charge in [0.2, 0.25) is 12.6 Å². The summed E-state index contributed by atoms with van der Waals surface area (Å²) in [5.74, 6) is -2.41. The first-order valence-electron chi connectivity index (χ1n) is 8.93. The molecule has 2 aliphatic rings. The van der Waals surface area contributed by atoms with E-state index in [9.17, 15) is 9.59 Å². The number of carbonyl (C=O) groups excluding carboxylic acids is 2. The Hall–Kier alpha value is -0.920. The van der Waals surface area contributed by atoms with E-state index in [1.54, 1.807) is 24.3 Å². The molecule has 0 saturated carbocycles. The van der Waals surface area contributed by atoms with Gasteiger partial charge in [-0.05, 0) is 31.2 Å². The first kappa shape index (κ1) is 21.4. The fourth-order valence-electron chi connectivity index (χ4n) is 3.02. The molecule has 2 heterocycles. The van der Waals surface area contributed by atoms with E-state index in [2.05, 4.69) is 0 Å². The van der Waals surface area contributed by atoms with Crippen LogP contribution in [0.4, 0.5) is 0 Å². The molecule has 6 nitrogen and oxygen atoms in total. The maximum absolute atomic E-state index is 12.7. The average Bonchev–Trinajstić information content (AvgIpc) is 2.64. The van der Waals surface area contributed by atoms with Crippen LogP contribution < -0.4 is 0 Å². The number of carbonyl (C=O) groups is 2. The Morgan fingerprint density at radius 1 is 0.846 bits per heavy atom. The van der Waals surface area contributed by atoms with Crippen LogP contribution in [0, 0.1) is 0 Å². The fourth-order valence-corrected chi connectivity index (χ4v) is 3.02. The van der Waals surface area contributed by atoms with Crippen molar-refractivity contribution < 1.29 is 28.5 Å². The molecular formula is C19H25NaO6. The molecule has 1 aromatic carbocycles. The van der Waals surface area contributed by atoms with E-state index in [0.717, 1.165) is 25.7 Å². The third-order valence-corrected chi connectivity index (χ3v) is 4.38. The van der Waals surface area contributed by atoms with Crippen LogP contribution >= 0.6 is 0 Å². The molecule has 2 saturated heterocycles. The Bertz CT molecular complexity index is 535. The van der Waals surface area contributed by atoms with Crippen molar-refractivity contribution in [2.24, 2.45) is 0 Å². The Kier molecular flexibility index (Phi) is 9.08. The van der Waals surface area contributed by atoms with E-state index in [1.165, 1.54) is 0 Å². The topological polar surface area (TPSA) is 71.1 Å². The Balaban J connectivity index is 0.00000243. The number of esters is 2. The summed E-state index contributed by atoms with van der Waals surface area (Å²) in [7, 11) is 0. The molecule has 2 unspecified atom stereocenters. The summed E-state index contributed by atoms with van der Waals surface area (Å²) in [6.45, 7) is 1.13. The second-order valence-corrected chi connectivity index (χ2v) is 6.31. The van der Waals surface area contributed by atoms with Crippen molar-refractivity contribution in [1.82, 2.24) is 0 Å². The zero-order valence-electron chi connectivity index (χ0n) is 14.2. The van der Waals surface area contributed by atoms with Crippen molar-refractivity contribution in [3.05, 3.63) is 35.9 Å². The van der Waals surface area contributed by atoms with Crippen LogP contribution in [0.3, 0.4) is 0 Å². The van der Waals surface area contributed by atoms with Crippen LogP contribution in [0.5, 0.6) is 0 Å². The van der Waals surface area contributed by atoms with E-state index in [4.69, 9.17) is 18.9 Å². The van der Waals surface area contributed by atoms with E-state index < -0.39 is 30.4 Å². The van der Waals surface area contributed by atoms with Crippen LogP contribution in [0.15, 0.2) is 30.3 Å². The van der Waals surface area contributed by atoms with E-state index >= 15 is 0 Å². The van der Waals surface area contributed by atoms with Gasteiger partial charge in [0.05, 0.1) is 13.2 Å². The van der Waals surface area contributed by atoms with Crippen LogP contribution in [0.1, 0.15) is 50.0 Å². The second-order valence-electron chi connectivity index (χ2n) is 6.31. The molecule has 2 atom stereocenters. The molecule has 26 heavy (non-hydrogen) atoms. The average molecular weight is 372 g/mol. The van der Waals surface area contributed by atoms with Gasteiger partial charge in [0.25, 0.3) is 0 Å². The molecule has 7 heteroatoms. The van der Waals surface area contributed by atoms with Gasteiger partial charge in [-0.3, -0.25) is 9.59 Å². The van der Waals surface area contributed by atoms with Crippen molar-refractivity contribution in [3.63, 3.8) is 0 Å². The van der Waals surface area contributed by atoms with Gasteiger partial charge in [-0.1, -0.05) is 30.3 Å². The van der Waals surface area contributed by atoms with Gasteiger partial charge in [-0.2, -0.15) is 0 Å². The molecule has 2 aliphatic heterocycles. The van der Waals surface area contributed by atoms with Gasteiger partial charge >= 0.3 is 41.5 Å². The zero-order chi connectivity index (χ0) is 17.5. The van der Waals surface area contributed by atoms with Crippen LogP contribution in [0.25, 0.3) is 0 Å². The molecular weight excluding hydrogens is 347 g/mol. The minimum absolute atomic E-state index is 0. The van der Waals surface area contributed by atoms with E-state index in [0.29, 0.717) is 31.6 Å². The van der Waals surface area contributed by atoms with Crippen LogP contribution in [-0.4, -0.2) is 67.3 Å². The fraction of sp³-hybridized carbons (Fsp3) is 0.579. The van der Waals surface area contributed by atoms with Crippen molar-refractivity contribution in [2.45, 2.75) is 57.0 Å². The molecule has 0 N–H and O–H groups in total. The number of hydrogen-bond donors (Lipinski definition) is 0. The van der Waals surface area contributed by atoms with Gasteiger partial charge in [0.1, 0.15) is 0 Å². The van der Waals surface area contributed by atoms with Crippen molar-refractivity contribution in [1.29, 1.82) is 0 Å². The number of benzene rings is 1. The normalized spacial score (nSPS) is 24.0. The van der Waals surface area contributed by atoms with Crippen molar-refractivity contribution >= 4 is 41.5 Å². The molecule has 0 aromatic heterocycles. The van der Waals surface area contributed by atoms with Crippen molar-refractivity contribution in [2.75, 3.05) is 13.2 Å². The first-order valence-corrected chi connectivity index (χ1v) is 8.93. The Labute approximate surface area is 175 Å². The van der Waals surface area contributed by atoms with Crippen LogP contribution in [-0.2, 0) is 28.5 Å². The van der Waals surface area contributed by atoms with Crippen molar-refractivity contribution in [3.8, 4) is 0 Å². The Morgan fingerprint density at radius 2 is 1.35 bits per heavy atom. The number of hydrogen-bond acceptors (Lipinski definition) is 6. The van der Waals surface area contributed by atoms with Gasteiger partial charge in [-0.25, -0.2) is 0 Å². The summed E-state index contributed by atoms with van der Waals surface area (Å²) in [6.07, 6.45) is 3.90. The van der Waals surface area contributed by atoms with Gasteiger partial charge in [0.15, 0.2) is 5.92 Å². The number of ether oxygens (including phenoxy) is 4. The predicted molar refractivity (Wildman–Crippen MR) is 95.7 cm³/mol. The predicted octanol–water partition coefficient (Wildman–Crippen LogP) is 2.26. The second kappa shape index (κ2) is 11.0. The van der Waals surface area contributed by atoms with Crippen LogP contribution in [0.2, 0.25) is 0 Å². The first-order chi connectivity index (χ1) is 12.2. The van der Waals surface area contributed by atoms with Gasteiger partial charge < -0.3 is 18.9 Å². The minimum atomic E-state index is -1.13. The molecule has 0 bridgehead atoms. The molecule has 0 radical (unpaired) electrons. The molecule has 3 rings (SSSR count). The quantitative estimate of drug-likeness (QED) is 0.449. The molecule has 0 aliphatic carbocycles. The SMILES string of the molecule is O=C(OC1CCCCO1)C(C(=O)OC1CCCCO1)c1ccccc1.[NaH]. The third kappa shape index (κ3) is 6.06. The molecule has 1 aromatic rings. The molecule has 138 valence electrons. The van der Waals surface area contributed by atoms with E-state index in [1.807, 2.05) is 6.07 Å².